The first kappa shape index (κ1) is 21.4. The molecule has 0 saturated carbocycles. The first-order chi connectivity index (χ1) is 15.9. The number of aromatic nitrogens is 3. The monoisotopic (exact) mass is 447 g/mol. The van der Waals surface area contributed by atoms with Crippen LogP contribution in [0.25, 0.3) is 5.65 Å². The summed E-state index contributed by atoms with van der Waals surface area (Å²) in [4.78, 5) is 46.2. The molecule has 8 heteroatoms. The number of fused-ring (bicyclic) bond motifs is 2. The van der Waals surface area contributed by atoms with E-state index in [0.29, 0.717) is 43.8 Å². The molecule has 0 unspecified atom stereocenters. The van der Waals surface area contributed by atoms with E-state index in [9.17, 15) is 14.4 Å². The summed E-state index contributed by atoms with van der Waals surface area (Å²) in [5.41, 5.74) is 3.90. The molecule has 2 aromatic heterocycles. The van der Waals surface area contributed by atoms with Gasteiger partial charge < -0.3 is 9.80 Å². The van der Waals surface area contributed by atoms with E-state index in [2.05, 4.69) is 5.10 Å². The van der Waals surface area contributed by atoms with E-state index in [4.69, 9.17) is 4.98 Å². The van der Waals surface area contributed by atoms with Gasteiger partial charge in [0.25, 0.3) is 5.56 Å². The number of carbonyl (C=O) groups is 2. The van der Waals surface area contributed by atoms with Crippen molar-refractivity contribution in [1.29, 1.82) is 0 Å². The molecule has 2 aliphatic rings. The van der Waals surface area contributed by atoms with Crippen molar-refractivity contribution in [2.24, 2.45) is 0 Å². The molecule has 172 valence electrons. The van der Waals surface area contributed by atoms with Crippen molar-refractivity contribution in [2.75, 3.05) is 19.6 Å². The minimum absolute atomic E-state index is 0.0276. The maximum atomic E-state index is 13.1. The van der Waals surface area contributed by atoms with E-state index in [1.54, 1.807) is 4.90 Å². The van der Waals surface area contributed by atoms with E-state index in [0.717, 1.165) is 29.8 Å². The molecular weight excluding hydrogens is 418 g/mol. The molecule has 1 aromatic carbocycles. The van der Waals surface area contributed by atoms with E-state index in [1.807, 2.05) is 48.2 Å². The van der Waals surface area contributed by atoms with Crippen LogP contribution in [0.15, 0.2) is 41.2 Å². The molecule has 0 spiro atoms. The lowest BCUT2D eigenvalue weighted by Gasteiger charge is -2.33. The number of H-pyrrole nitrogens is 1. The first-order valence-corrected chi connectivity index (χ1v) is 11.6. The van der Waals surface area contributed by atoms with Gasteiger partial charge in [-0.3, -0.25) is 19.5 Å². The molecule has 4 heterocycles. The first-order valence-electron chi connectivity index (χ1n) is 11.6. The predicted octanol–water partition coefficient (Wildman–Crippen LogP) is 2.44. The van der Waals surface area contributed by atoms with Crippen molar-refractivity contribution in [1.82, 2.24) is 24.4 Å². The van der Waals surface area contributed by atoms with Gasteiger partial charge in [-0.05, 0) is 25.3 Å². The summed E-state index contributed by atoms with van der Waals surface area (Å²) < 4.78 is 1.51. The average Bonchev–Trinajstić information content (AvgIpc) is 3.28. The number of carbonyl (C=O) groups excluding carboxylic acids is 2. The standard InChI is InChI=1S/C25H29N5O3/c1-16(18-6-4-3-5-7-18)24(32)28-11-8-19(9-12-28)22-14-23-26-21-10-13-29(17(2)31)15-20(21)25(33)30(23)27-22/h3-7,14,16,19,27H,8-13,15H2,1-2H3/t16-/m1/s1. The van der Waals surface area contributed by atoms with E-state index < -0.39 is 0 Å². The second kappa shape index (κ2) is 8.50. The number of piperidine rings is 1. The third-order valence-corrected chi connectivity index (χ3v) is 7.14. The van der Waals surface area contributed by atoms with Gasteiger partial charge in [0.1, 0.15) is 0 Å². The summed E-state index contributed by atoms with van der Waals surface area (Å²) in [6.45, 7) is 5.79. The van der Waals surface area contributed by atoms with Crippen LogP contribution >= 0.6 is 0 Å². The van der Waals surface area contributed by atoms with Crippen molar-refractivity contribution in [3.05, 3.63) is 69.3 Å². The highest BCUT2D eigenvalue weighted by atomic mass is 16.2. The molecule has 1 fully saturated rings. The SMILES string of the molecule is CC(=O)N1CCc2nc3cc(C4CCN(C(=O)[C@H](C)c5ccccc5)CC4)[nH]n3c(=O)c2C1. The molecule has 5 rings (SSSR count). The topological polar surface area (TPSA) is 90.8 Å². The largest absolute Gasteiger partial charge is 0.342 e. The third-order valence-electron chi connectivity index (χ3n) is 7.14. The van der Waals surface area contributed by atoms with E-state index >= 15 is 0 Å². The second-order valence-electron chi connectivity index (χ2n) is 9.17. The Labute approximate surface area is 192 Å². The molecule has 8 nitrogen and oxygen atoms in total. The fourth-order valence-corrected chi connectivity index (χ4v) is 5.05. The number of nitrogens with one attached hydrogen (secondary N) is 1. The lowest BCUT2D eigenvalue weighted by molar-refractivity contribution is -0.133. The number of benzene rings is 1. The molecule has 33 heavy (non-hydrogen) atoms. The van der Waals surface area contributed by atoms with Crippen LogP contribution in [0.2, 0.25) is 0 Å². The van der Waals surface area contributed by atoms with Gasteiger partial charge in [0.15, 0.2) is 5.65 Å². The summed E-state index contributed by atoms with van der Waals surface area (Å²) in [5, 5.41) is 3.26. The Morgan fingerprint density at radius 3 is 2.52 bits per heavy atom. The summed E-state index contributed by atoms with van der Waals surface area (Å²) in [6, 6.07) is 11.9. The van der Waals surface area contributed by atoms with Crippen molar-refractivity contribution in [3.63, 3.8) is 0 Å². The number of nitrogens with zero attached hydrogens (tertiary/aromatic N) is 4. The van der Waals surface area contributed by atoms with Crippen LogP contribution in [-0.4, -0.2) is 55.8 Å². The second-order valence-corrected chi connectivity index (χ2v) is 9.17. The highest BCUT2D eigenvalue weighted by Gasteiger charge is 2.29. The van der Waals surface area contributed by atoms with Crippen LogP contribution in [0.5, 0.6) is 0 Å². The Balaban J connectivity index is 1.31. The lowest BCUT2D eigenvalue weighted by atomic mass is 9.92. The number of hydrogen-bond donors (Lipinski definition) is 1. The number of aromatic amines is 1. The maximum absolute atomic E-state index is 13.1. The summed E-state index contributed by atoms with van der Waals surface area (Å²) in [7, 11) is 0. The molecule has 2 aliphatic heterocycles. The molecule has 3 aromatic rings. The molecule has 0 radical (unpaired) electrons. The number of rotatable bonds is 3. The Bertz CT molecular complexity index is 1250. The van der Waals surface area contributed by atoms with Gasteiger partial charge in [-0.2, -0.15) is 0 Å². The van der Waals surface area contributed by atoms with Gasteiger partial charge >= 0.3 is 0 Å². The zero-order valence-corrected chi connectivity index (χ0v) is 19.1. The summed E-state index contributed by atoms with van der Waals surface area (Å²) >= 11 is 0. The van der Waals surface area contributed by atoms with Crippen molar-refractivity contribution >= 4 is 17.5 Å². The molecular formula is C25H29N5O3. The average molecular weight is 448 g/mol. The van der Waals surface area contributed by atoms with Gasteiger partial charge in [-0.25, -0.2) is 9.50 Å². The number of amides is 2. The fourth-order valence-electron chi connectivity index (χ4n) is 5.05. The third kappa shape index (κ3) is 3.94. The number of likely N-dealkylation sites (tertiary alicyclic amines) is 1. The highest BCUT2D eigenvalue weighted by Crippen LogP contribution is 2.29. The molecule has 1 atom stereocenters. The summed E-state index contributed by atoms with van der Waals surface area (Å²) in [6.07, 6.45) is 2.28. The Morgan fingerprint density at radius 2 is 1.82 bits per heavy atom. The minimum Gasteiger partial charge on any atom is -0.342 e. The van der Waals surface area contributed by atoms with Crippen LogP contribution in [-0.2, 0) is 22.6 Å². The summed E-state index contributed by atoms with van der Waals surface area (Å²) in [5.74, 6) is 0.226. The van der Waals surface area contributed by atoms with Crippen LogP contribution in [0.4, 0.5) is 0 Å². The Hall–Kier alpha value is -3.42. The van der Waals surface area contributed by atoms with E-state index in [1.165, 1.54) is 11.4 Å². The zero-order chi connectivity index (χ0) is 23.1. The molecule has 2 amide bonds. The van der Waals surface area contributed by atoms with Crippen LogP contribution in [0, 0.1) is 0 Å². The highest BCUT2D eigenvalue weighted by molar-refractivity contribution is 5.83. The van der Waals surface area contributed by atoms with Gasteiger partial charge in [0.2, 0.25) is 11.8 Å². The molecule has 0 bridgehead atoms. The van der Waals surface area contributed by atoms with Gasteiger partial charge in [-0.15, -0.1) is 0 Å². The van der Waals surface area contributed by atoms with Crippen LogP contribution in [0.3, 0.4) is 0 Å². The molecule has 0 aliphatic carbocycles. The van der Waals surface area contributed by atoms with Crippen molar-refractivity contribution in [3.8, 4) is 0 Å². The van der Waals surface area contributed by atoms with Crippen molar-refractivity contribution in [2.45, 2.75) is 51.5 Å². The van der Waals surface area contributed by atoms with Crippen LogP contribution in [0.1, 0.15) is 61.0 Å². The lowest BCUT2D eigenvalue weighted by Crippen LogP contribution is -2.40. The van der Waals surface area contributed by atoms with Gasteiger partial charge in [0, 0.05) is 50.7 Å². The predicted molar refractivity (Wildman–Crippen MR) is 124 cm³/mol. The van der Waals surface area contributed by atoms with Crippen LogP contribution < -0.4 is 5.56 Å². The zero-order valence-electron chi connectivity index (χ0n) is 19.1. The maximum Gasteiger partial charge on any atom is 0.277 e. The normalized spacial score (nSPS) is 17.8. The van der Waals surface area contributed by atoms with Gasteiger partial charge in [-0.1, -0.05) is 30.3 Å². The number of hydrogen-bond acceptors (Lipinski definition) is 4. The molecule has 1 N–H and O–H groups in total. The van der Waals surface area contributed by atoms with Gasteiger partial charge in [0.05, 0.1) is 23.7 Å². The Morgan fingerprint density at radius 1 is 1.09 bits per heavy atom. The molecule has 1 saturated heterocycles. The van der Waals surface area contributed by atoms with Crippen molar-refractivity contribution < 1.29 is 9.59 Å². The fraction of sp³-hybridized carbons (Fsp3) is 0.440. The quantitative estimate of drug-likeness (QED) is 0.668. The smallest absolute Gasteiger partial charge is 0.277 e. The Kier molecular flexibility index (Phi) is 5.52. The van der Waals surface area contributed by atoms with E-state index in [-0.39, 0.29) is 29.2 Å². The minimum atomic E-state index is -0.153.